The molecule has 4 nitrogen and oxygen atoms in total. The molecule has 1 fully saturated rings. The van der Waals surface area contributed by atoms with Crippen LogP contribution >= 0.6 is 0 Å². The van der Waals surface area contributed by atoms with E-state index in [2.05, 4.69) is 94.0 Å². The van der Waals surface area contributed by atoms with Gasteiger partial charge in [0.2, 0.25) is 0 Å². The number of allylic oxidation sites excluding steroid dienone is 11. The van der Waals surface area contributed by atoms with Crippen molar-refractivity contribution in [3.8, 4) is 5.69 Å². The predicted octanol–water partition coefficient (Wildman–Crippen LogP) is 11.1. The van der Waals surface area contributed by atoms with Crippen LogP contribution in [0, 0.1) is 24.6 Å². The van der Waals surface area contributed by atoms with Crippen LogP contribution in [-0.4, -0.2) is 22.5 Å². The van der Waals surface area contributed by atoms with Crippen molar-refractivity contribution in [1.29, 1.82) is 0 Å². The second-order valence-corrected chi connectivity index (χ2v) is 13.1. The summed E-state index contributed by atoms with van der Waals surface area (Å²) in [5, 5.41) is 8.34. The Morgan fingerprint density at radius 2 is 1.91 bits per heavy atom. The minimum atomic E-state index is -0.272. The summed E-state index contributed by atoms with van der Waals surface area (Å²) in [6.07, 6.45) is 29.4. The van der Waals surface area contributed by atoms with Crippen LogP contribution in [-0.2, 0) is 6.42 Å². The highest BCUT2D eigenvalue weighted by molar-refractivity contribution is 5.73. The monoisotopic (exact) mass is 634 g/mol. The SMILES string of the molecule is C=C(N/C(C)=C/C=C(\C=C\CCC)C/C1=C/C=NC/C=C(CC)\C(CC)=C/C1C)c1nn(-c2ccc(C)cc2F)cc1CCC1CC1. The maximum Gasteiger partial charge on any atom is 0.149 e. The third kappa shape index (κ3) is 10.8. The van der Waals surface area contributed by atoms with Crippen LogP contribution in [0.15, 0.2) is 106 Å². The molecule has 2 aliphatic rings. The molecule has 1 unspecified atom stereocenters. The van der Waals surface area contributed by atoms with E-state index in [1.807, 2.05) is 25.4 Å². The molecule has 1 atom stereocenters. The van der Waals surface area contributed by atoms with Crippen molar-refractivity contribution in [1.82, 2.24) is 15.1 Å². The van der Waals surface area contributed by atoms with Crippen LogP contribution in [0.5, 0.6) is 0 Å². The summed E-state index contributed by atoms with van der Waals surface area (Å²) in [5.74, 6) is 0.823. The largest absolute Gasteiger partial charge is 0.358 e. The first-order chi connectivity index (χ1) is 22.7. The van der Waals surface area contributed by atoms with Gasteiger partial charge in [-0.1, -0.05) is 95.6 Å². The van der Waals surface area contributed by atoms with Crippen molar-refractivity contribution in [2.45, 2.75) is 99.3 Å². The van der Waals surface area contributed by atoms with Gasteiger partial charge in [0.15, 0.2) is 0 Å². The third-order valence-electron chi connectivity index (χ3n) is 9.08. The van der Waals surface area contributed by atoms with E-state index in [0.717, 1.165) is 85.6 Å². The van der Waals surface area contributed by atoms with Gasteiger partial charge in [-0.15, -0.1) is 0 Å². The van der Waals surface area contributed by atoms with E-state index >= 15 is 0 Å². The Morgan fingerprint density at radius 3 is 2.62 bits per heavy atom. The number of aliphatic imine (C=N–C) groups is 1. The first-order valence-electron chi connectivity index (χ1n) is 17.7. The van der Waals surface area contributed by atoms with Crippen molar-refractivity contribution in [2.75, 3.05) is 6.54 Å². The van der Waals surface area contributed by atoms with Crippen LogP contribution in [0.2, 0.25) is 0 Å². The summed E-state index contributed by atoms with van der Waals surface area (Å²) < 4.78 is 16.6. The van der Waals surface area contributed by atoms with Gasteiger partial charge in [0, 0.05) is 23.7 Å². The molecule has 1 N–H and O–H groups in total. The summed E-state index contributed by atoms with van der Waals surface area (Å²) in [4.78, 5) is 4.66. The predicted molar refractivity (Wildman–Crippen MR) is 199 cm³/mol. The molecule has 1 aromatic carbocycles. The number of halogens is 1. The second-order valence-electron chi connectivity index (χ2n) is 13.1. The zero-order valence-corrected chi connectivity index (χ0v) is 29.6. The number of hydrogen-bond acceptors (Lipinski definition) is 3. The van der Waals surface area contributed by atoms with Crippen molar-refractivity contribution >= 4 is 11.9 Å². The number of unbranched alkanes of at least 4 members (excludes halogenated alkanes) is 1. The molecule has 1 saturated carbocycles. The molecule has 0 amide bonds. The van der Waals surface area contributed by atoms with Gasteiger partial charge < -0.3 is 5.32 Å². The topological polar surface area (TPSA) is 42.2 Å². The Kier molecular flexibility index (Phi) is 13.6. The van der Waals surface area contributed by atoms with Gasteiger partial charge in [-0.05, 0) is 111 Å². The van der Waals surface area contributed by atoms with Gasteiger partial charge in [-0.25, -0.2) is 9.07 Å². The van der Waals surface area contributed by atoms with Crippen LogP contribution in [0.1, 0.15) is 103 Å². The van der Waals surface area contributed by atoms with Crippen LogP contribution in [0.25, 0.3) is 11.4 Å². The molecule has 0 saturated heterocycles. The molecular formula is C42H55FN4. The lowest BCUT2D eigenvalue weighted by atomic mass is 9.88. The van der Waals surface area contributed by atoms with E-state index in [-0.39, 0.29) is 5.82 Å². The minimum Gasteiger partial charge on any atom is -0.358 e. The van der Waals surface area contributed by atoms with Gasteiger partial charge in [-0.3, -0.25) is 4.99 Å². The quantitative estimate of drug-likeness (QED) is 0.198. The lowest BCUT2D eigenvalue weighted by Gasteiger charge is -2.17. The molecule has 1 aliphatic carbocycles. The maximum absolute atomic E-state index is 14.9. The highest BCUT2D eigenvalue weighted by Crippen LogP contribution is 2.34. The lowest BCUT2D eigenvalue weighted by molar-refractivity contribution is 0.609. The Morgan fingerprint density at radius 1 is 1.13 bits per heavy atom. The van der Waals surface area contributed by atoms with E-state index in [1.165, 1.54) is 35.1 Å². The summed E-state index contributed by atoms with van der Waals surface area (Å²) in [5.41, 5.74) is 10.4. The lowest BCUT2D eigenvalue weighted by Crippen LogP contribution is -2.11. The fourth-order valence-corrected chi connectivity index (χ4v) is 6.02. The molecule has 5 heteroatoms. The van der Waals surface area contributed by atoms with Crippen LogP contribution in [0.4, 0.5) is 4.39 Å². The average Bonchev–Trinajstić information content (AvgIpc) is 3.79. The average molecular weight is 635 g/mol. The Bertz CT molecular complexity index is 1600. The van der Waals surface area contributed by atoms with Crippen LogP contribution < -0.4 is 5.32 Å². The molecule has 4 rings (SSSR count). The molecule has 0 spiro atoms. The van der Waals surface area contributed by atoms with Crippen molar-refractivity contribution in [3.05, 3.63) is 124 Å². The number of aromatic nitrogens is 2. The number of aryl methyl sites for hydroxylation is 2. The Balaban J connectivity index is 1.57. The van der Waals surface area contributed by atoms with Gasteiger partial charge in [-0.2, -0.15) is 5.10 Å². The van der Waals surface area contributed by atoms with E-state index in [4.69, 9.17) is 5.10 Å². The standard InChI is InChI=1S/C42H55FN4/c1-8-11-12-13-35(28-38-23-25-44-24-22-36(9-2)37(10-3)27-31(38)5)16-15-32(6)45-33(7)42-39(20-19-34-17-18-34)29-47(46-42)41-21-14-30(4)26-40(41)43/h12-16,21-23,25-27,29,31,34,45H,7-11,17-20,24,28H2,1-6H3/b13-12+,32-15+,35-16+,36-22-,37-27-,38-23-,44-25?. The highest BCUT2D eigenvalue weighted by Gasteiger charge is 2.23. The van der Waals surface area contributed by atoms with E-state index in [9.17, 15) is 4.39 Å². The van der Waals surface area contributed by atoms with Crippen molar-refractivity contribution < 1.29 is 4.39 Å². The van der Waals surface area contributed by atoms with Crippen molar-refractivity contribution in [3.63, 3.8) is 0 Å². The zero-order chi connectivity index (χ0) is 33.8. The molecule has 2 aromatic rings. The third-order valence-corrected chi connectivity index (χ3v) is 9.08. The molecule has 2 heterocycles. The van der Waals surface area contributed by atoms with Gasteiger partial charge in [0.1, 0.15) is 17.2 Å². The Labute approximate surface area is 283 Å². The molecule has 1 aromatic heterocycles. The highest BCUT2D eigenvalue weighted by atomic mass is 19.1. The van der Waals surface area contributed by atoms with E-state index < -0.39 is 0 Å². The number of benzene rings is 1. The van der Waals surface area contributed by atoms with Gasteiger partial charge in [0.05, 0.1) is 12.2 Å². The van der Waals surface area contributed by atoms with E-state index in [0.29, 0.717) is 11.6 Å². The number of nitrogens with one attached hydrogen (secondary N) is 1. The molecule has 250 valence electrons. The normalized spacial score (nSPS) is 21.2. The van der Waals surface area contributed by atoms with Gasteiger partial charge in [0.25, 0.3) is 0 Å². The molecule has 1 aliphatic heterocycles. The number of hydrogen-bond donors (Lipinski definition) is 1. The number of rotatable bonds is 15. The maximum atomic E-state index is 14.9. The fraction of sp³-hybridized carbons (Fsp3) is 0.429. The summed E-state index contributed by atoms with van der Waals surface area (Å²) in [6, 6.07) is 5.27. The van der Waals surface area contributed by atoms with Crippen LogP contribution in [0.3, 0.4) is 0 Å². The number of nitrogens with zero attached hydrogens (tertiary/aromatic N) is 3. The Hall–Kier alpha value is -3.99. The van der Waals surface area contributed by atoms with Crippen molar-refractivity contribution in [2.24, 2.45) is 16.8 Å². The molecule has 0 bridgehead atoms. The summed E-state index contributed by atoms with van der Waals surface area (Å²) >= 11 is 0. The zero-order valence-electron chi connectivity index (χ0n) is 29.6. The molecule has 47 heavy (non-hydrogen) atoms. The summed E-state index contributed by atoms with van der Waals surface area (Å²) in [7, 11) is 0. The molecular weight excluding hydrogens is 579 g/mol. The first kappa shape index (κ1) is 35.9. The van der Waals surface area contributed by atoms with Gasteiger partial charge >= 0.3 is 0 Å². The fourth-order valence-electron chi connectivity index (χ4n) is 6.02. The first-order valence-corrected chi connectivity index (χ1v) is 17.7. The molecule has 0 radical (unpaired) electrons. The minimum absolute atomic E-state index is 0.272. The second kappa shape index (κ2) is 17.8. The van der Waals surface area contributed by atoms with E-state index in [1.54, 1.807) is 16.8 Å². The summed E-state index contributed by atoms with van der Waals surface area (Å²) in [6.45, 7) is 18.0. The smallest absolute Gasteiger partial charge is 0.149 e.